The fourth-order valence-corrected chi connectivity index (χ4v) is 1.89. The molecule has 0 spiro atoms. The molecule has 1 N–H and O–H groups in total. The van der Waals surface area contributed by atoms with E-state index in [9.17, 15) is 0 Å². The Morgan fingerprint density at radius 1 is 1.06 bits per heavy atom. The summed E-state index contributed by atoms with van der Waals surface area (Å²) in [6.07, 6.45) is 2.37. The van der Waals surface area contributed by atoms with Crippen LogP contribution in [0.5, 0.6) is 0 Å². The SMILES string of the molecule is CCCNC(C)c1ccc(CC(C)C)cc1. The van der Waals surface area contributed by atoms with E-state index in [2.05, 4.69) is 57.3 Å². The molecule has 0 fully saturated rings. The van der Waals surface area contributed by atoms with E-state index in [0.717, 1.165) is 12.5 Å². The third kappa shape index (κ3) is 4.36. The van der Waals surface area contributed by atoms with E-state index in [1.54, 1.807) is 0 Å². The maximum Gasteiger partial charge on any atom is 0.0291 e. The van der Waals surface area contributed by atoms with Crippen molar-refractivity contribution in [3.8, 4) is 0 Å². The van der Waals surface area contributed by atoms with E-state index < -0.39 is 0 Å². The van der Waals surface area contributed by atoms with Gasteiger partial charge in [-0.05, 0) is 43.4 Å². The van der Waals surface area contributed by atoms with Gasteiger partial charge in [-0.2, -0.15) is 0 Å². The summed E-state index contributed by atoms with van der Waals surface area (Å²) < 4.78 is 0. The Bertz CT molecular complexity index is 287. The number of hydrogen-bond donors (Lipinski definition) is 1. The molecule has 0 radical (unpaired) electrons. The zero-order valence-electron chi connectivity index (χ0n) is 11.1. The van der Waals surface area contributed by atoms with Crippen LogP contribution in [-0.2, 0) is 6.42 Å². The fraction of sp³-hybridized carbons (Fsp3) is 0.600. The maximum absolute atomic E-state index is 3.51. The van der Waals surface area contributed by atoms with Gasteiger partial charge in [0.2, 0.25) is 0 Å². The Morgan fingerprint density at radius 3 is 2.19 bits per heavy atom. The van der Waals surface area contributed by atoms with Gasteiger partial charge in [-0.1, -0.05) is 45.0 Å². The number of hydrogen-bond acceptors (Lipinski definition) is 1. The lowest BCUT2D eigenvalue weighted by atomic mass is 10.00. The van der Waals surface area contributed by atoms with Gasteiger partial charge in [-0.25, -0.2) is 0 Å². The molecule has 1 rings (SSSR count). The Kier molecular flexibility index (Phi) is 5.54. The highest BCUT2D eigenvalue weighted by molar-refractivity contribution is 5.24. The topological polar surface area (TPSA) is 12.0 Å². The van der Waals surface area contributed by atoms with Crippen LogP contribution in [0.3, 0.4) is 0 Å². The highest BCUT2D eigenvalue weighted by Gasteiger charge is 2.04. The molecule has 1 atom stereocenters. The molecule has 0 amide bonds. The van der Waals surface area contributed by atoms with Gasteiger partial charge in [0.25, 0.3) is 0 Å². The molecule has 1 aromatic rings. The van der Waals surface area contributed by atoms with Crippen LogP contribution in [0.1, 0.15) is 51.3 Å². The summed E-state index contributed by atoms with van der Waals surface area (Å²) in [6.45, 7) is 10.0. The first-order valence-corrected chi connectivity index (χ1v) is 6.45. The summed E-state index contributed by atoms with van der Waals surface area (Å²) >= 11 is 0. The first-order valence-electron chi connectivity index (χ1n) is 6.45. The molecule has 0 heterocycles. The van der Waals surface area contributed by atoms with Crippen molar-refractivity contribution in [3.63, 3.8) is 0 Å². The molecule has 16 heavy (non-hydrogen) atoms. The lowest BCUT2D eigenvalue weighted by Crippen LogP contribution is -2.19. The molecule has 1 heteroatoms. The Labute approximate surface area is 100 Å². The summed E-state index contributed by atoms with van der Waals surface area (Å²) in [4.78, 5) is 0. The third-order valence-corrected chi connectivity index (χ3v) is 2.82. The second kappa shape index (κ2) is 6.70. The quantitative estimate of drug-likeness (QED) is 0.764. The molecule has 0 aromatic heterocycles. The molecular weight excluding hydrogens is 194 g/mol. The monoisotopic (exact) mass is 219 g/mol. The van der Waals surface area contributed by atoms with Crippen LogP contribution in [0.15, 0.2) is 24.3 Å². The van der Waals surface area contributed by atoms with Crippen LogP contribution < -0.4 is 5.32 Å². The van der Waals surface area contributed by atoms with Crippen LogP contribution in [0.25, 0.3) is 0 Å². The molecule has 0 bridgehead atoms. The van der Waals surface area contributed by atoms with Gasteiger partial charge < -0.3 is 5.32 Å². The molecule has 1 aromatic carbocycles. The Morgan fingerprint density at radius 2 is 1.69 bits per heavy atom. The minimum Gasteiger partial charge on any atom is -0.310 e. The van der Waals surface area contributed by atoms with Crippen LogP contribution in [-0.4, -0.2) is 6.54 Å². The first-order chi connectivity index (χ1) is 7.63. The first kappa shape index (κ1) is 13.2. The van der Waals surface area contributed by atoms with Gasteiger partial charge in [0, 0.05) is 6.04 Å². The summed E-state index contributed by atoms with van der Waals surface area (Å²) in [5, 5.41) is 3.51. The predicted molar refractivity (Wildman–Crippen MR) is 71.7 cm³/mol. The van der Waals surface area contributed by atoms with Gasteiger partial charge >= 0.3 is 0 Å². The summed E-state index contributed by atoms with van der Waals surface area (Å²) in [6, 6.07) is 9.50. The lowest BCUT2D eigenvalue weighted by molar-refractivity contribution is 0.570. The average Bonchev–Trinajstić information content (AvgIpc) is 2.26. The van der Waals surface area contributed by atoms with Crippen molar-refractivity contribution in [1.29, 1.82) is 0 Å². The molecule has 1 unspecified atom stereocenters. The van der Waals surface area contributed by atoms with Crippen LogP contribution in [0, 0.1) is 5.92 Å². The van der Waals surface area contributed by atoms with Crippen molar-refractivity contribution in [2.24, 2.45) is 5.92 Å². The average molecular weight is 219 g/mol. The summed E-state index contributed by atoms with van der Waals surface area (Å²) in [5.41, 5.74) is 2.84. The molecule has 1 nitrogen and oxygen atoms in total. The lowest BCUT2D eigenvalue weighted by Gasteiger charge is -2.14. The van der Waals surface area contributed by atoms with Crippen molar-refractivity contribution in [2.75, 3.05) is 6.54 Å². The summed E-state index contributed by atoms with van der Waals surface area (Å²) in [7, 11) is 0. The van der Waals surface area contributed by atoms with E-state index in [-0.39, 0.29) is 0 Å². The minimum absolute atomic E-state index is 0.466. The van der Waals surface area contributed by atoms with E-state index in [1.807, 2.05) is 0 Å². The van der Waals surface area contributed by atoms with Gasteiger partial charge in [-0.3, -0.25) is 0 Å². The largest absolute Gasteiger partial charge is 0.310 e. The van der Waals surface area contributed by atoms with Crippen molar-refractivity contribution < 1.29 is 0 Å². The highest BCUT2D eigenvalue weighted by atomic mass is 14.9. The standard InChI is InChI=1S/C15H25N/c1-5-10-16-13(4)15-8-6-14(7-9-15)11-12(2)3/h6-9,12-13,16H,5,10-11H2,1-4H3. The molecule has 0 aliphatic heterocycles. The van der Waals surface area contributed by atoms with Crippen LogP contribution in [0.2, 0.25) is 0 Å². The maximum atomic E-state index is 3.51. The minimum atomic E-state index is 0.466. The second-order valence-corrected chi connectivity index (χ2v) is 5.02. The zero-order valence-corrected chi connectivity index (χ0v) is 11.1. The molecule has 0 aliphatic carbocycles. The Hall–Kier alpha value is -0.820. The van der Waals surface area contributed by atoms with Crippen LogP contribution in [0.4, 0.5) is 0 Å². The smallest absolute Gasteiger partial charge is 0.0291 e. The van der Waals surface area contributed by atoms with E-state index in [4.69, 9.17) is 0 Å². The zero-order chi connectivity index (χ0) is 12.0. The molecule has 0 saturated carbocycles. The number of rotatable bonds is 6. The molecule has 90 valence electrons. The number of nitrogens with one attached hydrogen (secondary N) is 1. The van der Waals surface area contributed by atoms with Crippen molar-refractivity contribution in [1.82, 2.24) is 5.32 Å². The van der Waals surface area contributed by atoms with Gasteiger partial charge in [0.1, 0.15) is 0 Å². The third-order valence-electron chi connectivity index (χ3n) is 2.82. The molecular formula is C15H25N. The number of benzene rings is 1. The van der Waals surface area contributed by atoms with E-state index >= 15 is 0 Å². The highest BCUT2D eigenvalue weighted by Crippen LogP contribution is 2.15. The Balaban J connectivity index is 2.56. The van der Waals surface area contributed by atoms with Crippen molar-refractivity contribution >= 4 is 0 Å². The predicted octanol–water partition coefficient (Wildman–Crippen LogP) is 3.95. The molecule has 0 saturated heterocycles. The second-order valence-electron chi connectivity index (χ2n) is 5.02. The summed E-state index contributed by atoms with van der Waals surface area (Å²) in [5.74, 6) is 0.737. The molecule has 0 aliphatic rings. The van der Waals surface area contributed by atoms with Gasteiger partial charge in [0.05, 0.1) is 0 Å². The normalized spacial score (nSPS) is 13.1. The fourth-order valence-electron chi connectivity index (χ4n) is 1.89. The van der Waals surface area contributed by atoms with Gasteiger partial charge in [0.15, 0.2) is 0 Å². The van der Waals surface area contributed by atoms with E-state index in [0.29, 0.717) is 6.04 Å². The van der Waals surface area contributed by atoms with E-state index in [1.165, 1.54) is 24.0 Å². The van der Waals surface area contributed by atoms with Crippen molar-refractivity contribution in [2.45, 2.75) is 46.6 Å². The van der Waals surface area contributed by atoms with Crippen molar-refractivity contribution in [3.05, 3.63) is 35.4 Å². The van der Waals surface area contributed by atoms with Gasteiger partial charge in [-0.15, -0.1) is 0 Å². The van der Waals surface area contributed by atoms with Crippen LogP contribution >= 0.6 is 0 Å².